The SMILES string of the molecule is Cn1c(Sc2ncccc2[N+](=O)[O-])nnc1C1(O)CN2CCC1CC2. The largest absolute Gasteiger partial charge is 0.380 e. The van der Waals surface area contributed by atoms with E-state index in [1.807, 2.05) is 0 Å². The first-order chi connectivity index (χ1) is 12.0. The lowest BCUT2D eigenvalue weighted by molar-refractivity contribution is -0.388. The number of nitro groups is 1. The van der Waals surface area contributed by atoms with Crippen LogP contribution in [0.15, 0.2) is 28.5 Å². The third-order valence-electron chi connectivity index (χ3n) is 5.09. The van der Waals surface area contributed by atoms with Gasteiger partial charge in [-0.15, -0.1) is 10.2 Å². The molecule has 5 rings (SSSR count). The maximum absolute atomic E-state index is 11.2. The Balaban J connectivity index is 1.65. The summed E-state index contributed by atoms with van der Waals surface area (Å²) in [6.45, 7) is 2.57. The fraction of sp³-hybridized carbons (Fsp3) is 0.533. The molecule has 1 unspecified atom stereocenters. The van der Waals surface area contributed by atoms with Gasteiger partial charge in [0.05, 0.1) is 4.92 Å². The summed E-state index contributed by atoms with van der Waals surface area (Å²) in [7, 11) is 1.78. The fourth-order valence-electron chi connectivity index (χ4n) is 3.76. The van der Waals surface area contributed by atoms with Gasteiger partial charge in [-0.2, -0.15) is 0 Å². The summed E-state index contributed by atoms with van der Waals surface area (Å²) in [6.07, 6.45) is 3.39. The van der Waals surface area contributed by atoms with Crippen LogP contribution in [0.1, 0.15) is 18.7 Å². The summed E-state index contributed by atoms with van der Waals surface area (Å²) in [5, 5.41) is 31.5. The van der Waals surface area contributed by atoms with Gasteiger partial charge in [-0.1, -0.05) is 0 Å². The zero-order valence-corrected chi connectivity index (χ0v) is 14.5. The molecule has 3 aliphatic rings. The van der Waals surface area contributed by atoms with Crippen molar-refractivity contribution in [2.45, 2.75) is 28.6 Å². The molecule has 3 aliphatic heterocycles. The number of hydrogen-bond donors (Lipinski definition) is 1. The second-order valence-corrected chi connectivity index (χ2v) is 7.48. The van der Waals surface area contributed by atoms with E-state index in [4.69, 9.17) is 0 Å². The van der Waals surface area contributed by atoms with Crippen molar-refractivity contribution < 1.29 is 10.0 Å². The molecule has 9 nitrogen and oxygen atoms in total. The van der Waals surface area contributed by atoms with Crippen molar-refractivity contribution in [3.05, 3.63) is 34.3 Å². The van der Waals surface area contributed by atoms with Crippen LogP contribution in [0.25, 0.3) is 0 Å². The van der Waals surface area contributed by atoms with Crippen molar-refractivity contribution in [2.75, 3.05) is 19.6 Å². The predicted molar refractivity (Wildman–Crippen MR) is 89.1 cm³/mol. The zero-order valence-electron chi connectivity index (χ0n) is 13.7. The number of rotatable bonds is 4. The fourth-order valence-corrected chi connectivity index (χ4v) is 4.60. The Morgan fingerprint density at radius 2 is 2.16 bits per heavy atom. The lowest BCUT2D eigenvalue weighted by Gasteiger charge is -2.49. The number of hydrogen-bond acceptors (Lipinski definition) is 8. The van der Waals surface area contributed by atoms with E-state index in [0.29, 0.717) is 17.5 Å². The van der Waals surface area contributed by atoms with Crippen LogP contribution < -0.4 is 0 Å². The molecule has 1 N–H and O–H groups in total. The number of nitrogens with zero attached hydrogens (tertiary/aromatic N) is 6. The van der Waals surface area contributed by atoms with E-state index < -0.39 is 10.5 Å². The standard InChI is InChI=1S/C15H18N6O3S/c1-19-13(15(22)9-20-7-4-10(15)5-8-20)17-18-14(19)25-12-11(21(23)24)3-2-6-16-12/h2-3,6,10,22H,4-5,7-9H2,1H3. The molecule has 0 radical (unpaired) electrons. The molecular weight excluding hydrogens is 344 g/mol. The highest BCUT2D eigenvalue weighted by Crippen LogP contribution is 2.42. The number of fused-ring (bicyclic) bond motifs is 3. The summed E-state index contributed by atoms with van der Waals surface area (Å²) in [6, 6.07) is 2.94. The Hall–Kier alpha value is -2.04. The van der Waals surface area contributed by atoms with Gasteiger partial charge in [0.1, 0.15) is 5.60 Å². The average molecular weight is 362 g/mol. The van der Waals surface area contributed by atoms with Crippen molar-refractivity contribution in [3.8, 4) is 0 Å². The third-order valence-corrected chi connectivity index (χ3v) is 6.13. The van der Waals surface area contributed by atoms with Crippen molar-refractivity contribution >= 4 is 17.4 Å². The lowest BCUT2D eigenvalue weighted by atomic mass is 9.75. The molecule has 2 aromatic heterocycles. The molecular formula is C15H18N6O3S. The second kappa shape index (κ2) is 6.04. The molecule has 2 aromatic rings. The summed E-state index contributed by atoms with van der Waals surface area (Å²) in [5.41, 5.74) is -1.09. The quantitative estimate of drug-likeness (QED) is 0.638. The van der Waals surface area contributed by atoms with E-state index in [9.17, 15) is 15.2 Å². The monoisotopic (exact) mass is 362 g/mol. The summed E-state index contributed by atoms with van der Waals surface area (Å²) in [4.78, 5) is 17.0. The summed E-state index contributed by atoms with van der Waals surface area (Å²) in [5.74, 6) is 0.686. The predicted octanol–water partition coefficient (Wildman–Crippen LogP) is 1.18. The Morgan fingerprint density at radius 3 is 2.80 bits per heavy atom. The van der Waals surface area contributed by atoms with Crippen molar-refractivity contribution in [1.82, 2.24) is 24.6 Å². The minimum Gasteiger partial charge on any atom is -0.380 e. The second-order valence-electron chi connectivity index (χ2n) is 6.53. The highest BCUT2D eigenvalue weighted by molar-refractivity contribution is 7.99. The van der Waals surface area contributed by atoms with Gasteiger partial charge in [0.25, 0.3) is 0 Å². The zero-order chi connectivity index (χ0) is 17.6. The van der Waals surface area contributed by atoms with Crippen LogP contribution in [0.3, 0.4) is 0 Å². The third kappa shape index (κ3) is 2.70. The molecule has 132 valence electrons. The molecule has 5 heterocycles. The topological polar surface area (TPSA) is 110 Å². The van der Waals surface area contributed by atoms with Crippen LogP contribution in [-0.2, 0) is 12.6 Å². The van der Waals surface area contributed by atoms with Crippen LogP contribution in [0.5, 0.6) is 0 Å². The van der Waals surface area contributed by atoms with Crippen molar-refractivity contribution in [1.29, 1.82) is 0 Å². The van der Waals surface area contributed by atoms with Gasteiger partial charge < -0.3 is 9.67 Å². The van der Waals surface area contributed by atoms with E-state index in [1.54, 1.807) is 11.6 Å². The molecule has 0 spiro atoms. The van der Waals surface area contributed by atoms with Crippen molar-refractivity contribution in [3.63, 3.8) is 0 Å². The van der Waals surface area contributed by atoms with Crippen molar-refractivity contribution in [2.24, 2.45) is 13.0 Å². The van der Waals surface area contributed by atoms with Crippen LogP contribution in [-0.4, -0.2) is 54.3 Å². The van der Waals surface area contributed by atoms with Crippen LogP contribution in [0.2, 0.25) is 0 Å². The van der Waals surface area contributed by atoms with Crippen LogP contribution >= 0.6 is 11.8 Å². The van der Waals surface area contributed by atoms with Gasteiger partial charge in [-0.25, -0.2) is 4.98 Å². The maximum atomic E-state index is 11.2. The smallest absolute Gasteiger partial charge is 0.301 e. The first-order valence-electron chi connectivity index (χ1n) is 8.11. The number of aliphatic hydroxyl groups is 1. The first-order valence-corrected chi connectivity index (χ1v) is 8.92. The molecule has 0 saturated carbocycles. The highest BCUT2D eigenvalue weighted by Gasteiger charge is 2.49. The molecule has 0 aromatic carbocycles. The summed E-state index contributed by atoms with van der Waals surface area (Å²) < 4.78 is 1.73. The number of pyridine rings is 1. The minimum atomic E-state index is -1.02. The van der Waals surface area contributed by atoms with Gasteiger partial charge >= 0.3 is 5.69 Å². The Bertz CT molecular complexity index is 819. The number of aromatic nitrogens is 4. The lowest BCUT2D eigenvalue weighted by Crippen LogP contribution is -2.58. The van der Waals surface area contributed by atoms with E-state index in [-0.39, 0.29) is 16.6 Å². The molecule has 3 saturated heterocycles. The molecule has 3 fully saturated rings. The highest BCUT2D eigenvalue weighted by atomic mass is 32.2. The van der Waals surface area contributed by atoms with Gasteiger partial charge in [-0.05, 0) is 49.7 Å². The van der Waals surface area contributed by atoms with E-state index in [1.165, 1.54) is 18.3 Å². The van der Waals surface area contributed by atoms with E-state index in [2.05, 4.69) is 20.1 Å². The Morgan fingerprint density at radius 1 is 1.40 bits per heavy atom. The molecule has 0 amide bonds. The van der Waals surface area contributed by atoms with Gasteiger partial charge in [0, 0.05) is 25.9 Å². The number of piperidine rings is 3. The van der Waals surface area contributed by atoms with Crippen LogP contribution in [0, 0.1) is 16.0 Å². The minimum absolute atomic E-state index is 0.0707. The molecule has 10 heteroatoms. The van der Waals surface area contributed by atoms with Gasteiger partial charge in [0.15, 0.2) is 16.0 Å². The maximum Gasteiger partial charge on any atom is 0.301 e. The molecule has 1 atom stereocenters. The molecule has 2 bridgehead atoms. The van der Waals surface area contributed by atoms with Gasteiger partial charge in [0.2, 0.25) is 0 Å². The van der Waals surface area contributed by atoms with Crippen LogP contribution in [0.4, 0.5) is 5.69 Å². The van der Waals surface area contributed by atoms with E-state index in [0.717, 1.165) is 37.7 Å². The summed E-state index contributed by atoms with van der Waals surface area (Å²) >= 11 is 1.08. The molecule has 0 aliphatic carbocycles. The van der Waals surface area contributed by atoms with Gasteiger partial charge in [-0.3, -0.25) is 15.0 Å². The average Bonchev–Trinajstić information content (AvgIpc) is 2.97. The normalized spacial score (nSPS) is 28.2. The Labute approximate surface area is 148 Å². The van der Waals surface area contributed by atoms with E-state index >= 15 is 0 Å². The molecule has 25 heavy (non-hydrogen) atoms. The first kappa shape index (κ1) is 16.4. The Kier molecular flexibility index (Phi) is 3.97.